The van der Waals surface area contributed by atoms with Gasteiger partial charge in [-0.1, -0.05) is 30.2 Å². The summed E-state index contributed by atoms with van der Waals surface area (Å²) in [6, 6.07) is 9.55. The largest absolute Gasteiger partial charge is 0.337 e. The van der Waals surface area contributed by atoms with E-state index >= 15 is 0 Å². The number of urea groups is 1. The lowest BCUT2D eigenvalue weighted by Crippen LogP contribution is -2.53. The number of para-hydroxylation sites is 1. The highest BCUT2D eigenvalue weighted by Gasteiger charge is 2.52. The van der Waals surface area contributed by atoms with Crippen LogP contribution in [0.2, 0.25) is 0 Å². The molecule has 1 aliphatic carbocycles. The van der Waals surface area contributed by atoms with Crippen molar-refractivity contribution in [2.45, 2.75) is 38.1 Å². The Bertz CT molecular complexity index is 945. The second-order valence-corrected chi connectivity index (χ2v) is 8.90. The zero-order valence-electron chi connectivity index (χ0n) is 17.8. The number of nitrogens with one attached hydrogen (secondary N) is 1. The molecule has 3 fully saturated rings. The minimum absolute atomic E-state index is 0.0557. The van der Waals surface area contributed by atoms with E-state index in [0.29, 0.717) is 18.5 Å². The van der Waals surface area contributed by atoms with Crippen LogP contribution >= 0.6 is 0 Å². The maximum atomic E-state index is 13.1. The van der Waals surface area contributed by atoms with E-state index in [0.717, 1.165) is 57.5 Å². The molecule has 0 bridgehead atoms. The van der Waals surface area contributed by atoms with Gasteiger partial charge in [0.15, 0.2) is 0 Å². The number of piperazine rings is 1. The van der Waals surface area contributed by atoms with Gasteiger partial charge in [0, 0.05) is 26.2 Å². The number of anilines is 1. The van der Waals surface area contributed by atoms with Gasteiger partial charge < -0.3 is 10.2 Å². The minimum atomic E-state index is -0.677. The van der Waals surface area contributed by atoms with Crippen molar-refractivity contribution in [2.75, 3.05) is 37.7 Å². The van der Waals surface area contributed by atoms with Crippen LogP contribution in [0.1, 0.15) is 32.6 Å². The number of imide groups is 1. The topological polar surface area (TPSA) is 99.5 Å². The van der Waals surface area contributed by atoms with Crippen LogP contribution in [-0.4, -0.2) is 80.3 Å². The number of carbonyl (C=O) groups is 2. The average Bonchev–Trinajstić information content (AvgIpc) is 3.37. The minimum Gasteiger partial charge on any atom is -0.337 e. The van der Waals surface area contributed by atoms with Gasteiger partial charge in [0.2, 0.25) is 5.95 Å². The summed E-state index contributed by atoms with van der Waals surface area (Å²) < 4.78 is 1.74. The van der Waals surface area contributed by atoms with E-state index in [1.54, 1.807) is 4.68 Å². The molecule has 1 spiro atoms. The van der Waals surface area contributed by atoms with E-state index in [2.05, 4.69) is 37.6 Å². The van der Waals surface area contributed by atoms with Crippen LogP contribution in [0, 0.1) is 5.92 Å². The van der Waals surface area contributed by atoms with E-state index in [4.69, 9.17) is 0 Å². The van der Waals surface area contributed by atoms with E-state index < -0.39 is 5.54 Å². The fourth-order valence-corrected chi connectivity index (χ4v) is 4.80. The molecule has 3 aliphatic rings. The molecule has 164 valence electrons. The summed E-state index contributed by atoms with van der Waals surface area (Å²) in [5.74, 6) is 1.26. The summed E-state index contributed by atoms with van der Waals surface area (Å²) in [6.45, 7) is 5.43. The first kappa shape index (κ1) is 19.9. The number of carbonyl (C=O) groups excluding carboxylic acids is 2. The summed E-state index contributed by atoms with van der Waals surface area (Å²) in [5.41, 5.74) is 0.236. The quantitative estimate of drug-likeness (QED) is 0.737. The summed E-state index contributed by atoms with van der Waals surface area (Å²) in [5, 5.41) is 15.2. The lowest BCUT2D eigenvalue weighted by Gasteiger charge is -2.36. The van der Waals surface area contributed by atoms with Crippen LogP contribution in [0.4, 0.5) is 10.7 Å². The van der Waals surface area contributed by atoms with Gasteiger partial charge >= 0.3 is 6.03 Å². The summed E-state index contributed by atoms with van der Waals surface area (Å²) >= 11 is 0. The third kappa shape index (κ3) is 3.65. The van der Waals surface area contributed by atoms with E-state index in [1.165, 1.54) is 4.90 Å². The van der Waals surface area contributed by atoms with E-state index in [9.17, 15) is 9.59 Å². The lowest BCUT2D eigenvalue weighted by atomic mass is 9.77. The van der Waals surface area contributed by atoms with Crippen LogP contribution < -0.4 is 10.2 Å². The number of hydrogen-bond donors (Lipinski definition) is 1. The standard InChI is InChI=1S/C21H28N8O2/c1-16-7-9-21(10-8-16)18(30)28(20(31)22-21)15-26-11-13-27(14-12-26)19-23-24-25-29(19)17-5-3-2-4-6-17/h2-6,16H,7-15H2,1H3,(H,22,31). The van der Waals surface area contributed by atoms with Crippen molar-refractivity contribution in [3.05, 3.63) is 30.3 Å². The molecule has 2 aliphatic heterocycles. The fourth-order valence-electron chi connectivity index (χ4n) is 4.80. The van der Waals surface area contributed by atoms with Crippen molar-refractivity contribution in [3.63, 3.8) is 0 Å². The first-order valence-electron chi connectivity index (χ1n) is 11.0. The van der Waals surface area contributed by atoms with Crippen LogP contribution in [0.25, 0.3) is 5.69 Å². The molecule has 31 heavy (non-hydrogen) atoms. The van der Waals surface area contributed by atoms with Crippen molar-refractivity contribution in [1.82, 2.24) is 35.3 Å². The van der Waals surface area contributed by atoms with Crippen LogP contribution in [0.3, 0.4) is 0 Å². The Morgan fingerprint density at radius 2 is 1.77 bits per heavy atom. The lowest BCUT2D eigenvalue weighted by molar-refractivity contribution is -0.134. The van der Waals surface area contributed by atoms with Crippen molar-refractivity contribution in [2.24, 2.45) is 5.92 Å². The Morgan fingerprint density at radius 3 is 2.48 bits per heavy atom. The maximum Gasteiger partial charge on any atom is 0.326 e. The highest BCUT2D eigenvalue weighted by Crippen LogP contribution is 2.36. The summed E-state index contributed by atoms with van der Waals surface area (Å²) in [4.78, 5) is 31.4. The van der Waals surface area contributed by atoms with Gasteiger partial charge in [-0.2, -0.15) is 4.68 Å². The maximum absolute atomic E-state index is 13.1. The molecule has 1 N–H and O–H groups in total. The van der Waals surface area contributed by atoms with Gasteiger partial charge in [0.1, 0.15) is 5.54 Å². The number of hydrogen-bond acceptors (Lipinski definition) is 7. The molecule has 3 heterocycles. The molecule has 1 aromatic heterocycles. The van der Waals surface area contributed by atoms with E-state index in [1.807, 2.05) is 30.3 Å². The van der Waals surface area contributed by atoms with Crippen LogP contribution in [0.15, 0.2) is 30.3 Å². The van der Waals surface area contributed by atoms with Crippen molar-refractivity contribution < 1.29 is 9.59 Å². The monoisotopic (exact) mass is 424 g/mol. The predicted octanol–water partition coefficient (Wildman–Crippen LogP) is 1.24. The third-order valence-electron chi connectivity index (χ3n) is 6.82. The van der Waals surface area contributed by atoms with E-state index in [-0.39, 0.29) is 11.9 Å². The Labute approximate surface area is 181 Å². The molecular weight excluding hydrogens is 396 g/mol. The van der Waals surface area contributed by atoms with Crippen LogP contribution in [-0.2, 0) is 4.79 Å². The molecule has 0 atom stereocenters. The molecular formula is C21H28N8O2. The van der Waals surface area contributed by atoms with Gasteiger partial charge in [-0.15, -0.1) is 0 Å². The zero-order chi connectivity index (χ0) is 21.4. The van der Waals surface area contributed by atoms with Gasteiger partial charge in [-0.05, 0) is 54.2 Å². The first-order valence-corrected chi connectivity index (χ1v) is 11.0. The molecule has 10 nitrogen and oxygen atoms in total. The number of benzene rings is 1. The number of tetrazole rings is 1. The predicted molar refractivity (Wildman–Crippen MR) is 114 cm³/mol. The van der Waals surface area contributed by atoms with Gasteiger partial charge in [0.25, 0.3) is 5.91 Å². The normalized spacial score (nSPS) is 27.2. The SMILES string of the molecule is CC1CCC2(CC1)NC(=O)N(CN1CCN(c3nnnn3-c3ccccc3)CC1)C2=O. The second-order valence-electron chi connectivity index (χ2n) is 8.90. The van der Waals surface area contributed by atoms with Crippen molar-refractivity contribution >= 4 is 17.9 Å². The highest BCUT2D eigenvalue weighted by atomic mass is 16.2. The molecule has 2 aromatic rings. The molecule has 2 saturated heterocycles. The number of nitrogens with zero attached hydrogens (tertiary/aromatic N) is 7. The number of rotatable bonds is 4. The average molecular weight is 425 g/mol. The number of amides is 3. The zero-order valence-corrected chi connectivity index (χ0v) is 17.8. The molecule has 10 heteroatoms. The molecule has 1 aromatic carbocycles. The Morgan fingerprint density at radius 1 is 1.06 bits per heavy atom. The molecule has 0 radical (unpaired) electrons. The molecule has 5 rings (SSSR count). The second kappa shape index (κ2) is 7.92. The van der Waals surface area contributed by atoms with Gasteiger partial charge in [-0.3, -0.25) is 9.69 Å². The Kier molecular flexibility index (Phi) is 5.09. The molecule has 3 amide bonds. The number of aromatic nitrogens is 4. The van der Waals surface area contributed by atoms with Crippen molar-refractivity contribution in [1.29, 1.82) is 0 Å². The molecule has 1 saturated carbocycles. The van der Waals surface area contributed by atoms with Crippen molar-refractivity contribution in [3.8, 4) is 5.69 Å². The first-order chi connectivity index (χ1) is 15.1. The molecule has 0 unspecified atom stereocenters. The Balaban J connectivity index is 1.21. The third-order valence-corrected chi connectivity index (χ3v) is 6.82. The summed E-state index contributed by atoms with van der Waals surface area (Å²) in [6.07, 6.45) is 3.44. The van der Waals surface area contributed by atoms with Gasteiger partial charge in [-0.25, -0.2) is 9.69 Å². The fraction of sp³-hybridized carbons (Fsp3) is 0.571. The highest BCUT2D eigenvalue weighted by molar-refractivity contribution is 6.07. The van der Waals surface area contributed by atoms with Crippen LogP contribution in [0.5, 0.6) is 0 Å². The Hall–Kier alpha value is -3.01. The summed E-state index contributed by atoms with van der Waals surface area (Å²) in [7, 11) is 0. The van der Waals surface area contributed by atoms with Gasteiger partial charge in [0.05, 0.1) is 12.4 Å². The smallest absolute Gasteiger partial charge is 0.326 e.